The molecule has 0 spiro atoms. The lowest BCUT2D eigenvalue weighted by Gasteiger charge is -2.25. The topological polar surface area (TPSA) is 51.4 Å². The Morgan fingerprint density at radius 1 is 1.53 bits per heavy atom. The largest absolute Gasteiger partial charge is 0.384 e. The van der Waals surface area contributed by atoms with Gasteiger partial charge in [-0.1, -0.05) is 0 Å². The lowest BCUT2D eigenvalue weighted by atomic mass is 10.1. The smallest absolute Gasteiger partial charge is 0.0954 e. The highest BCUT2D eigenvalue weighted by molar-refractivity contribution is 7.11. The molecule has 4 nitrogen and oxygen atoms in total. The zero-order chi connectivity index (χ0) is 12.1. The fourth-order valence-electron chi connectivity index (χ4n) is 2.10. The van der Waals surface area contributed by atoms with Crippen LogP contribution in [-0.2, 0) is 24.1 Å². The average Bonchev–Trinajstić information content (AvgIpc) is 2.75. The quantitative estimate of drug-likeness (QED) is 0.825. The van der Waals surface area contributed by atoms with Crippen molar-refractivity contribution in [2.45, 2.75) is 25.8 Å². The second kappa shape index (κ2) is 6.44. The van der Waals surface area contributed by atoms with Gasteiger partial charge >= 0.3 is 0 Å². The fourth-order valence-corrected chi connectivity index (χ4v) is 3.24. The average molecular weight is 255 g/mol. The van der Waals surface area contributed by atoms with Crippen LogP contribution < -0.4 is 5.73 Å². The van der Waals surface area contributed by atoms with E-state index in [2.05, 4.69) is 4.90 Å². The lowest BCUT2D eigenvalue weighted by molar-refractivity contribution is 0.202. The number of nitrogens with two attached hydrogens (primary N) is 1. The van der Waals surface area contributed by atoms with Crippen molar-refractivity contribution in [1.29, 1.82) is 0 Å². The van der Waals surface area contributed by atoms with Gasteiger partial charge in [0.2, 0.25) is 0 Å². The number of rotatable bonds is 6. The number of hydrogen-bond acceptors (Lipinski definition) is 5. The van der Waals surface area contributed by atoms with Gasteiger partial charge in [-0.15, -0.1) is 11.3 Å². The van der Waals surface area contributed by atoms with Crippen LogP contribution in [0.2, 0.25) is 0 Å². The summed E-state index contributed by atoms with van der Waals surface area (Å²) in [5, 5.41) is 1.22. The van der Waals surface area contributed by atoms with Gasteiger partial charge in [0.05, 0.1) is 17.3 Å². The van der Waals surface area contributed by atoms with Crippen molar-refractivity contribution in [1.82, 2.24) is 9.88 Å². The van der Waals surface area contributed by atoms with E-state index < -0.39 is 0 Å². The minimum Gasteiger partial charge on any atom is -0.384 e. The third kappa shape index (κ3) is 3.48. The second-order valence-corrected chi connectivity index (χ2v) is 5.56. The highest BCUT2D eigenvalue weighted by Crippen LogP contribution is 2.25. The normalized spacial score (nSPS) is 16.1. The first-order valence-corrected chi connectivity index (χ1v) is 7.04. The maximum atomic E-state index is 5.55. The van der Waals surface area contributed by atoms with Crippen molar-refractivity contribution in [3.05, 3.63) is 15.6 Å². The van der Waals surface area contributed by atoms with Crippen molar-refractivity contribution in [3.63, 3.8) is 0 Å². The number of methoxy groups -OCH3 is 1. The van der Waals surface area contributed by atoms with Crippen molar-refractivity contribution in [3.8, 4) is 0 Å². The zero-order valence-corrected chi connectivity index (χ0v) is 11.3. The van der Waals surface area contributed by atoms with E-state index >= 15 is 0 Å². The van der Waals surface area contributed by atoms with Crippen LogP contribution in [0.15, 0.2) is 0 Å². The molecule has 0 bridgehead atoms. The molecule has 2 heterocycles. The molecule has 96 valence electrons. The fraction of sp³-hybridized carbons (Fsp3) is 0.750. The zero-order valence-electron chi connectivity index (χ0n) is 10.4. The van der Waals surface area contributed by atoms with E-state index in [-0.39, 0.29) is 0 Å². The Morgan fingerprint density at radius 2 is 2.41 bits per heavy atom. The molecular weight excluding hydrogens is 234 g/mol. The van der Waals surface area contributed by atoms with Crippen LogP contribution in [0.1, 0.15) is 22.0 Å². The molecule has 1 aromatic heterocycles. The number of thiazole rings is 1. The molecule has 1 aliphatic rings. The van der Waals surface area contributed by atoms with Gasteiger partial charge < -0.3 is 10.5 Å². The Morgan fingerprint density at radius 3 is 3.18 bits per heavy atom. The van der Waals surface area contributed by atoms with Crippen molar-refractivity contribution >= 4 is 11.3 Å². The molecule has 2 rings (SSSR count). The van der Waals surface area contributed by atoms with Crippen LogP contribution in [0.25, 0.3) is 0 Å². The van der Waals surface area contributed by atoms with Gasteiger partial charge in [-0.05, 0) is 19.5 Å². The first kappa shape index (κ1) is 13.0. The molecule has 0 unspecified atom stereocenters. The number of hydrogen-bond donors (Lipinski definition) is 1. The minimum absolute atomic E-state index is 0.767. The van der Waals surface area contributed by atoms with Crippen molar-refractivity contribution in [2.24, 2.45) is 5.73 Å². The molecule has 0 saturated heterocycles. The first-order chi connectivity index (χ1) is 8.33. The molecule has 1 aromatic rings. The van der Waals surface area contributed by atoms with Gasteiger partial charge in [0, 0.05) is 37.9 Å². The third-order valence-electron chi connectivity index (χ3n) is 3.05. The molecule has 17 heavy (non-hydrogen) atoms. The summed E-state index contributed by atoms with van der Waals surface area (Å²) in [5.41, 5.74) is 6.86. The summed E-state index contributed by atoms with van der Waals surface area (Å²) in [6, 6.07) is 0. The molecule has 0 aliphatic carbocycles. The summed E-state index contributed by atoms with van der Waals surface area (Å²) in [4.78, 5) is 8.61. The van der Waals surface area contributed by atoms with E-state index in [1.54, 1.807) is 7.11 Å². The molecule has 0 saturated carbocycles. The van der Waals surface area contributed by atoms with Crippen LogP contribution in [0.3, 0.4) is 0 Å². The number of ether oxygens (including phenoxy) is 1. The number of fused-ring (bicyclic) bond motifs is 1. The summed E-state index contributed by atoms with van der Waals surface area (Å²) in [6.07, 6.45) is 3.12. The molecule has 2 N–H and O–H groups in total. The predicted octanol–water partition coefficient (Wildman–Crippen LogP) is 1.04. The van der Waals surface area contributed by atoms with Gasteiger partial charge in [-0.2, -0.15) is 0 Å². The van der Waals surface area contributed by atoms with Gasteiger partial charge in [0.15, 0.2) is 0 Å². The Balaban J connectivity index is 1.93. The van der Waals surface area contributed by atoms with Crippen LogP contribution in [-0.4, -0.2) is 43.2 Å². The summed E-state index contributed by atoms with van der Waals surface area (Å²) < 4.78 is 5.09. The molecule has 0 radical (unpaired) electrons. The van der Waals surface area contributed by atoms with Crippen molar-refractivity contribution < 1.29 is 4.74 Å². The molecular formula is C12H21N3OS. The minimum atomic E-state index is 0.767. The van der Waals surface area contributed by atoms with E-state index in [0.717, 1.165) is 52.0 Å². The third-order valence-corrected chi connectivity index (χ3v) is 4.20. The standard InChI is InChI=1S/C12H21N3OS/c1-16-8-4-12-14-10-3-7-15(6-2-5-13)9-11(10)17-12/h2-9,13H2,1H3. The van der Waals surface area contributed by atoms with E-state index in [1.807, 2.05) is 11.3 Å². The maximum Gasteiger partial charge on any atom is 0.0954 e. The highest BCUT2D eigenvalue weighted by atomic mass is 32.1. The molecule has 0 fully saturated rings. The molecule has 5 heteroatoms. The van der Waals surface area contributed by atoms with Crippen LogP contribution in [0.5, 0.6) is 0 Å². The van der Waals surface area contributed by atoms with Gasteiger partial charge in [0.25, 0.3) is 0 Å². The van der Waals surface area contributed by atoms with E-state index in [0.29, 0.717) is 0 Å². The second-order valence-electron chi connectivity index (χ2n) is 4.39. The monoisotopic (exact) mass is 255 g/mol. The Kier molecular flexibility index (Phi) is 4.91. The molecule has 0 amide bonds. The first-order valence-electron chi connectivity index (χ1n) is 6.22. The Labute approximate surface area is 107 Å². The molecule has 0 aromatic carbocycles. The van der Waals surface area contributed by atoms with Crippen LogP contribution in [0.4, 0.5) is 0 Å². The van der Waals surface area contributed by atoms with Crippen molar-refractivity contribution in [2.75, 3.05) is 33.4 Å². The predicted molar refractivity (Wildman–Crippen MR) is 70.3 cm³/mol. The van der Waals surface area contributed by atoms with Gasteiger partial charge in [0.1, 0.15) is 0 Å². The van der Waals surface area contributed by atoms with E-state index in [4.69, 9.17) is 15.5 Å². The van der Waals surface area contributed by atoms with Gasteiger partial charge in [-0.25, -0.2) is 4.98 Å². The van der Waals surface area contributed by atoms with Gasteiger partial charge in [-0.3, -0.25) is 4.90 Å². The van der Waals surface area contributed by atoms with E-state index in [9.17, 15) is 0 Å². The summed E-state index contributed by atoms with van der Waals surface area (Å²) in [5.74, 6) is 0. The van der Waals surface area contributed by atoms with Crippen LogP contribution in [0, 0.1) is 0 Å². The summed E-state index contributed by atoms with van der Waals surface area (Å²) >= 11 is 1.85. The SMILES string of the molecule is COCCc1nc2c(s1)CN(CCCN)CC2. The maximum absolute atomic E-state index is 5.55. The Hall–Kier alpha value is -0.490. The summed E-state index contributed by atoms with van der Waals surface area (Å²) in [7, 11) is 1.74. The molecule has 0 atom stereocenters. The van der Waals surface area contributed by atoms with Crippen LogP contribution >= 0.6 is 11.3 Å². The highest BCUT2D eigenvalue weighted by Gasteiger charge is 2.19. The number of nitrogens with zero attached hydrogens (tertiary/aromatic N) is 2. The molecule has 1 aliphatic heterocycles. The summed E-state index contributed by atoms with van der Waals surface area (Å²) in [6.45, 7) is 4.84. The number of aromatic nitrogens is 1. The lowest BCUT2D eigenvalue weighted by Crippen LogP contribution is -2.31. The van der Waals surface area contributed by atoms with E-state index in [1.165, 1.54) is 15.6 Å². The Bertz CT molecular complexity index is 354.